The lowest BCUT2D eigenvalue weighted by Crippen LogP contribution is -2.26. The van der Waals surface area contributed by atoms with Crippen LogP contribution < -0.4 is 10.6 Å². The molecule has 1 amide bonds. The lowest BCUT2D eigenvalue weighted by molar-refractivity contribution is 0.0949. The molecular weight excluding hydrogens is 212 g/mol. The molecule has 1 saturated carbocycles. The fourth-order valence-corrected chi connectivity index (χ4v) is 2.15. The minimum absolute atomic E-state index is 0.0521. The van der Waals surface area contributed by atoms with Crippen molar-refractivity contribution in [1.82, 2.24) is 5.32 Å². The van der Waals surface area contributed by atoms with Gasteiger partial charge in [0.25, 0.3) is 5.91 Å². The van der Waals surface area contributed by atoms with E-state index in [1.54, 1.807) is 0 Å². The Labute approximate surface area is 103 Å². The highest BCUT2D eigenvalue weighted by molar-refractivity contribution is 5.94. The quantitative estimate of drug-likeness (QED) is 0.819. The van der Waals surface area contributed by atoms with Crippen molar-refractivity contribution in [3.05, 3.63) is 29.8 Å². The molecule has 2 atom stereocenters. The summed E-state index contributed by atoms with van der Waals surface area (Å²) in [5.41, 5.74) is 1.77. The summed E-state index contributed by atoms with van der Waals surface area (Å²) >= 11 is 0. The van der Waals surface area contributed by atoms with Crippen LogP contribution in [0.5, 0.6) is 0 Å². The van der Waals surface area contributed by atoms with E-state index in [-0.39, 0.29) is 5.91 Å². The van der Waals surface area contributed by atoms with E-state index >= 15 is 0 Å². The highest BCUT2D eigenvalue weighted by atomic mass is 16.1. The first-order valence-electron chi connectivity index (χ1n) is 6.33. The lowest BCUT2D eigenvalue weighted by Gasteiger charge is -2.05. The van der Waals surface area contributed by atoms with E-state index in [9.17, 15) is 4.79 Å². The molecule has 3 nitrogen and oxygen atoms in total. The molecule has 17 heavy (non-hydrogen) atoms. The fourth-order valence-electron chi connectivity index (χ4n) is 2.15. The third-order valence-electron chi connectivity index (χ3n) is 3.33. The van der Waals surface area contributed by atoms with Crippen LogP contribution in [0.25, 0.3) is 0 Å². The summed E-state index contributed by atoms with van der Waals surface area (Å²) in [5, 5.41) is 6.12. The third kappa shape index (κ3) is 2.99. The second kappa shape index (κ2) is 5.21. The number of carbonyl (C=O) groups excluding carboxylic acids is 1. The summed E-state index contributed by atoms with van der Waals surface area (Å²) < 4.78 is 0. The van der Waals surface area contributed by atoms with Crippen LogP contribution in [0.2, 0.25) is 0 Å². The monoisotopic (exact) mass is 232 g/mol. The molecule has 0 radical (unpaired) electrons. The number of rotatable bonds is 5. The van der Waals surface area contributed by atoms with Crippen molar-refractivity contribution >= 4 is 11.6 Å². The number of hydrogen-bond donors (Lipinski definition) is 2. The van der Waals surface area contributed by atoms with Crippen LogP contribution in [0.15, 0.2) is 24.3 Å². The molecule has 0 aliphatic heterocycles. The van der Waals surface area contributed by atoms with Gasteiger partial charge in [-0.25, -0.2) is 0 Å². The van der Waals surface area contributed by atoms with Gasteiger partial charge in [0.1, 0.15) is 0 Å². The molecule has 0 saturated heterocycles. The Morgan fingerprint density at radius 1 is 1.35 bits per heavy atom. The normalized spacial score (nSPS) is 22.0. The zero-order valence-corrected chi connectivity index (χ0v) is 10.5. The van der Waals surface area contributed by atoms with Crippen LogP contribution in [0.3, 0.4) is 0 Å². The minimum atomic E-state index is 0.0521. The standard InChI is InChI=1S/C14H20N2O/c1-3-4-11-9-13(11)16-14(17)10-5-7-12(15-2)8-6-10/h5-8,11,13,15H,3-4,9H2,1-2H3,(H,16,17). The second-order valence-electron chi connectivity index (χ2n) is 4.69. The number of hydrogen-bond acceptors (Lipinski definition) is 2. The summed E-state index contributed by atoms with van der Waals surface area (Å²) in [7, 11) is 1.87. The van der Waals surface area contributed by atoms with Gasteiger partial charge in [-0.3, -0.25) is 4.79 Å². The SMILES string of the molecule is CCCC1CC1NC(=O)c1ccc(NC)cc1. The average molecular weight is 232 g/mol. The first kappa shape index (κ1) is 12.0. The van der Waals surface area contributed by atoms with Crippen LogP contribution in [0, 0.1) is 5.92 Å². The second-order valence-corrected chi connectivity index (χ2v) is 4.69. The fraction of sp³-hybridized carbons (Fsp3) is 0.500. The van der Waals surface area contributed by atoms with Crippen LogP contribution in [-0.4, -0.2) is 19.0 Å². The van der Waals surface area contributed by atoms with Crippen LogP contribution in [0.4, 0.5) is 5.69 Å². The van der Waals surface area contributed by atoms with Crippen LogP contribution in [0.1, 0.15) is 36.5 Å². The van der Waals surface area contributed by atoms with E-state index in [1.807, 2.05) is 31.3 Å². The van der Waals surface area contributed by atoms with Crippen molar-refractivity contribution in [1.29, 1.82) is 0 Å². The smallest absolute Gasteiger partial charge is 0.251 e. The van der Waals surface area contributed by atoms with Gasteiger partial charge in [0.2, 0.25) is 0 Å². The molecule has 0 aromatic heterocycles. The van der Waals surface area contributed by atoms with Crippen molar-refractivity contribution in [3.8, 4) is 0 Å². The van der Waals surface area contributed by atoms with Gasteiger partial charge in [-0.1, -0.05) is 13.3 Å². The topological polar surface area (TPSA) is 41.1 Å². The van der Waals surface area contributed by atoms with Gasteiger partial charge in [-0.05, 0) is 43.0 Å². The average Bonchev–Trinajstić information content (AvgIpc) is 3.08. The van der Waals surface area contributed by atoms with E-state index in [4.69, 9.17) is 0 Å². The zero-order valence-electron chi connectivity index (χ0n) is 10.5. The van der Waals surface area contributed by atoms with Crippen LogP contribution >= 0.6 is 0 Å². The Morgan fingerprint density at radius 3 is 2.65 bits per heavy atom. The van der Waals surface area contributed by atoms with Crippen molar-refractivity contribution in [2.45, 2.75) is 32.2 Å². The first-order valence-corrected chi connectivity index (χ1v) is 6.33. The number of anilines is 1. The molecule has 0 bridgehead atoms. The molecule has 2 N–H and O–H groups in total. The van der Waals surface area contributed by atoms with Gasteiger partial charge in [0, 0.05) is 24.3 Å². The molecule has 0 spiro atoms. The molecule has 1 fully saturated rings. The van der Waals surface area contributed by atoms with E-state index in [0.29, 0.717) is 12.0 Å². The Bertz CT molecular complexity index is 386. The predicted octanol–water partition coefficient (Wildman–Crippen LogP) is 2.65. The number of nitrogens with one attached hydrogen (secondary N) is 2. The zero-order chi connectivity index (χ0) is 12.3. The third-order valence-corrected chi connectivity index (χ3v) is 3.33. The van der Waals surface area contributed by atoms with Gasteiger partial charge in [0.05, 0.1) is 0 Å². The maximum absolute atomic E-state index is 11.9. The summed E-state index contributed by atoms with van der Waals surface area (Å²) in [6.07, 6.45) is 3.58. The van der Waals surface area contributed by atoms with Gasteiger partial charge in [0.15, 0.2) is 0 Å². The molecule has 1 aliphatic rings. The van der Waals surface area contributed by atoms with E-state index in [2.05, 4.69) is 17.6 Å². The number of benzene rings is 1. The van der Waals surface area contributed by atoms with Gasteiger partial charge < -0.3 is 10.6 Å². The van der Waals surface area contributed by atoms with Gasteiger partial charge in [-0.2, -0.15) is 0 Å². The van der Waals surface area contributed by atoms with Crippen molar-refractivity contribution in [2.75, 3.05) is 12.4 Å². The maximum Gasteiger partial charge on any atom is 0.251 e. The first-order chi connectivity index (χ1) is 8.24. The number of carbonyl (C=O) groups is 1. The summed E-state index contributed by atoms with van der Waals surface area (Å²) in [4.78, 5) is 11.9. The molecule has 3 heteroatoms. The molecule has 1 aliphatic carbocycles. The van der Waals surface area contributed by atoms with Crippen molar-refractivity contribution in [3.63, 3.8) is 0 Å². The largest absolute Gasteiger partial charge is 0.388 e. The Hall–Kier alpha value is -1.51. The van der Waals surface area contributed by atoms with Gasteiger partial charge in [-0.15, -0.1) is 0 Å². The molecule has 1 aromatic carbocycles. The van der Waals surface area contributed by atoms with E-state index < -0.39 is 0 Å². The highest BCUT2D eigenvalue weighted by Gasteiger charge is 2.37. The molecule has 2 unspecified atom stereocenters. The molecule has 2 rings (SSSR count). The summed E-state index contributed by atoms with van der Waals surface area (Å²) in [6, 6.07) is 7.97. The Morgan fingerprint density at radius 2 is 2.06 bits per heavy atom. The van der Waals surface area contributed by atoms with Crippen LogP contribution in [-0.2, 0) is 0 Å². The highest BCUT2D eigenvalue weighted by Crippen LogP contribution is 2.34. The molecule has 1 aromatic rings. The Kier molecular flexibility index (Phi) is 3.67. The minimum Gasteiger partial charge on any atom is -0.388 e. The van der Waals surface area contributed by atoms with Crippen molar-refractivity contribution < 1.29 is 4.79 Å². The lowest BCUT2D eigenvalue weighted by atomic mass is 10.2. The molecular formula is C14H20N2O. The summed E-state index contributed by atoms with van der Waals surface area (Å²) in [6.45, 7) is 2.19. The molecule has 92 valence electrons. The number of amides is 1. The Balaban J connectivity index is 1.87. The molecule has 0 heterocycles. The van der Waals surface area contributed by atoms with E-state index in [1.165, 1.54) is 12.8 Å². The van der Waals surface area contributed by atoms with Gasteiger partial charge >= 0.3 is 0 Å². The predicted molar refractivity (Wildman–Crippen MR) is 70.3 cm³/mol. The summed E-state index contributed by atoms with van der Waals surface area (Å²) in [5.74, 6) is 0.761. The van der Waals surface area contributed by atoms with Crippen molar-refractivity contribution in [2.24, 2.45) is 5.92 Å². The maximum atomic E-state index is 11.9. The van der Waals surface area contributed by atoms with E-state index in [0.717, 1.165) is 17.7 Å².